The van der Waals surface area contributed by atoms with Gasteiger partial charge < -0.3 is 10.5 Å². The largest absolute Gasteiger partial charge is 0.494 e. The van der Waals surface area contributed by atoms with Gasteiger partial charge in [0.2, 0.25) is 0 Å². The fourth-order valence-corrected chi connectivity index (χ4v) is 1.58. The maximum Gasteiger partial charge on any atom is 0.171 e. The maximum absolute atomic E-state index is 13.7. The van der Waals surface area contributed by atoms with E-state index in [0.29, 0.717) is 12.5 Å². The molecule has 1 rings (SSSR count). The highest BCUT2D eigenvalue weighted by Crippen LogP contribution is 2.32. The summed E-state index contributed by atoms with van der Waals surface area (Å²) in [6, 6.07) is 0.698. The van der Waals surface area contributed by atoms with Crippen molar-refractivity contribution >= 4 is 0 Å². The van der Waals surface area contributed by atoms with Crippen molar-refractivity contribution in [2.45, 2.75) is 19.3 Å². The van der Waals surface area contributed by atoms with Gasteiger partial charge in [0.15, 0.2) is 23.2 Å². The molecule has 90 valence electrons. The number of hydrogen-bond acceptors (Lipinski definition) is 2. The summed E-state index contributed by atoms with van der Waals surface area (Å²) in [6.07, 6.45) is 0.375. The van der Waals surface area contributed by atoms with Crippen LogP contribution in [-0.2, 0) is 0 Å². The molecule has 0 saturated carbocycles. The molecule has 0 amide bonds. The normalized spacial score (nSPS) is 12.6. The van der Waals surface area contributed by atoms with Crippen molar-refractivity contribution in [3.63, 3.8) is 0 Å². The van der Waals surface area contributed by atoms with Crippen LogP contribution < -0.4 is 10.5 Å². The molecule has 0 fully saturated rings. The van der Waals surface area contributed by atoms with Gasteiger partial charge in [0.25, 0.3) is 0 Å². The summed E-state index contributed by atoms with van der Waals surface area (Å²) < 4.78 is 44.9. The molecule has 0 saturated heterocycles. The standard InChI is InChI=1S/C11H14F3NO/c1-6(3-4-15)9-10(13)7(12)5-8(16-2)11(9)14/h5-6H,3-4,15H2,1-2H3. The van der Waals surface area contributed by atoms with Crippen molar-refractivity contribution in [1.29, 1.82) is 0 Å². The molecule has 5 heteroatoms. The van der Waals surface area contributed by atoms with E-state index in [1.165, 1.54) is 7.11 Å². The van der Waals surface area contributed by atoms with E-state index < -0.39 is 23.4 Å². The minimum Gasteiger partial charge on any atom is -0.494 e. The summed E-state index contributed by atoms with van der Waals surface area (Å²) in [5.74, 6) is -3.92. The molecule has 0 radical (unpaired) electrons. The summed E-state index contributed by atoms with van der Waals surface area (Å²) in [5, 5.41) is 0. The van der Waals surface area contributed by atoms with Gasteiger partial charge in [-0.25, -0.2) is 13.2 Å². The van der Waals surface area contributed by atoms with Crippen molar-refractivity contribution in [1.82, 2.24) is 0 Å². The summed E-state index contributed by atoms with van der Waals surface area (Å²) in [5.41, 5.74) is 5.00. The van der Waals surface area contributed by atoms with Crippen molar-refractivity contribution in [3.05, 3.63) is 29.1 Å². The van der Waals surface area contributed by atoms with Crippen LogP contribution >= 0.6 is 0 Å². The molecule has 1 unspecified atom stereocenters. The van der Waals surface area contributed by atoms with E-state index in [4.69, 9.17) is 5.73 Å². The SMILES string of the molecule is COc1cc(F)c(F)c(C(C)CCN)c1F. The molecule has 0 bridgehead atoms. The molecule has 0 aromatic heterocycles. The lowest BCUT2D eigenvalue weighted by Crippen LogP contribution is -2.10. The number of rotatable bonds is 4. The van der Waals surface area contributed by atoms with Gasteiger partial charge in [-0.05, 0) is 18.9 Å². The Balaban J connectivity index is 3.29. The third kappa shape index (κ3) is 2.29. The molecule has 0 aliphatic heterocycles. The first-order valence-corrected chi connectivity index (χ1v) is 4.94. The van der Waals surface area contributed by atoms with Gasteiger partial charge in [0.1, 0.15) is 0 Å². The first kappa shape index (κ1) is 12.8. The van der Waals surface area contributed by atoms with Crippen molar-refractivity contribution in [2.75, 3.05) is 13.7 Å². The molecular formula is C11H14F3NO. The number of benzene rings is 1. The third-order valence-electron chi connectivity index (χ3n) is 2.47. The Morgan fingerprint density at radius 1 is 1.31 bits per heavy atom. The van der Waals surface area contributed by atoms with Crippen LogP contribution in [-0.4, -0.2) is 13.7 Å². The molecule has 2 nitrogen and oxygen atoms in total. The number of hydrogen-bond donors (Lipinski definition) is 1. The van der Waals surface area contributed by atoms with Crippen LogP contribution in [0.5, 0.6) is 5.75 Å². The zero-order valence-electron chi connectivity index (χ0n) is 9.19. The van der Waals surface area contributed by atoms with Crippen molar-refractivity contribution in [2.24, 2.45) is 5.73 Å². The van der Waals surface area contributed by atoms with Crippen LogP contribution in [0.25, 0.3) is 0 Å². The minimum absolute atomic E-state index is 0.277. The zero-order chi connectivity index (χ0) is 12.3. The van der Waals surface area contributed by atoms with Crippen molar-refractivity contribution in [3.8, 4) is 5.75 Å². The van der Waals surface area contributed by atoms with E-state index in [2.05, 4.69) is 4.74 Å². The van der Waals surface area contributed by atoms with Crippen LogP contribution in [0.3, 0.4) is 0 Å². The second-order valence-corrected chi connectivity index (χ2v) is 3.58. The lowest BCUT2D eigenvalue weighted by Gasteiger charge is -2.15. The topological polar surface area (TPSA) is 35.2 Å². The molecule has 0 spiro atoms. The summed E-state index contributed by atoms with van der Waals surface area (Å²) in [7, 11) is 1.20. The fourth-order valence-electron chi connectivity index (χ4n) is 1.58. The van der Waals surface area contributed by atoms with Crippen molar-refractivity contribution < 1.29 is 17.9 Å². The fraction of sp³-hybridized carbons (Fsp3) is 0.455. The molecular weight excluding hydrogens is 219 g/mol. The Labute approximate surface area is 92.2 Å². The number of ether oxygens (including phenoxy) is 1. The predicted octanol–water partition coefficient (Wildman–Crippen LogP) is 2.56. The van der Waals surface area contributed by atoms with Gasteiger partial charge in [-0.15, -0.1) is 0 Å². The number of methoxy groups -OCH3 is 1. The monoisotopic (exact) mass is 233 g/mol. The summed E-state index contributed by atoms with van der Waals surface area (Å²) in [4.78, 5) is 0. The molecule has 16 heavy (non-hydrogen) atoms. The summed E-state index contributed by atoms with van der Waals surface area (Å²) >= 11 is 0. The molecule has 1 atom stereocenters. The molecule has 0 heterocycles. The van der Waals surface area contributed by atoms with Gasteiger partial charge in [-0.2, -0.15) is 0 Å². The maximum atomic E-state index is 13.7. The van der Waals surface area contributed by atoms with Crippen LogP contribution in [0, 0.1) is 17.5 Å². The molecule has 1 aromatic carbocycles. The highest BCUT2D eigenvalue weighted by molar-refractivity contribution is 5.35. The Morgan fingerprint density at radius 3 is 2.44 bits per heavy atom. The third-order valence-corrected chi connectivity index (χ3v) is 2.47. The zero-order valence-corrected chi connectivity index (χ0v) is 9.19. The highest BCUT2D eigenvalue weighted by atomic mass is 19.2. The number of nitrogens with two attached hydrogens (primary N) is 1. The van der Waals surface area contributed by atoms with Gasteiger partial charge >= 0.3 is 0 Å². The second kappa shape index (κ2) is 5.21. The molecule has 1 aromatic rings. The van der Waals surface area contributed by atoms with E-state index in [1.54, 1.807) is 6.92 Å². The molecule has 2 N–H and O–H groups in total. The van der Waals surface area contributed by atoms with E-state index in [0.717, 1.165) is 0 Å². The molecule has 0 aliphatic carbocycles. The second-order valence-electron chi connectivity index (χ2n) is 3.58. The average Bonchev–Trinajstić information content (AvgIpc) is 2.24. The lowest BCUT2D eigenvalue weighted by atomic mass is 9.96. The summed E-state index contributed by atoms with van der Waals surface area (Å²) in [6.45, 7) is 1.87. The first-order chi connectivity index (χ1) is 7.52. The van der Waals surface area contributed by atoms with Crippen LogP contribution in [0.15, 0.2) is 6.07 Å². The van der Waals surface area contributed by atoms with Crippen LogP contribution in [0.2, 0.25) is 0 Å². The van der Waals surface area contributed by atoms with E-state index in [9.17, 15) is 13.2 Å². The van der Waals surface area contributed by atoms with Gasteiger partial charge in [-0.1, -0.05) is 6.92 Å². The average molecular weight is 233 g/mol. The highest BCUT2D eigenvalue weighted by Gasteiger charge is 2.23. The van der Waals surface area contributed by atoms with Gasteiger partial charge in [-0.3, -0.25) is 0 Å². The molecule has 0 aliphatic rings. The Morgan fingerprint density at radius 2 is 1.94 bits per heavy atom. The first-order valence-electron chi connectivity index (χ1n) is 4.94. The van der Waals surface area contributed by atoms with Gasteiger partial charge in [0.05, 0.1) is 7.11 Å². The van der Waals surface area contributed by atoms with E-state index >= 15 is 0 Å². The van der Waals surface area contributed by atoms with E-state index in [-0.39, 0.29) is 17.9 Å². The van der Waals surface area contributed by atoms with Crippen LogP contribution in [0.4, 0.5) is 13.2 Å². The number of halogens is 3. The lowest BCUT2D eigenvalue weighted by molar-refractivity contribution is 0.367. The van der Waals surface area contributed by atoms with Crippen LogP contribution in [0.1, 0.15) is 24.8 Å². The Hall–Kier alpha value is -1.23. The predicted molar refractivity (Wildman–Crippen MR) is 55.0 cm³/mol. The van der Waals surface area contributed by atoms with E-state index in [1.807, 2.05) is 0 Å². The Kier molecular flexibility index (Phi) is 4.18. The van der Waals surface area contributed by atoms with Gasteiger partial charge in [0, 0.05) is 11.6 Å². The quantitative estimate of drug-likeness (QED) is 0.811. The smallest absolute Gasteiger partial charge is 0.171 e. The Bertz CT molecular complexity index is 382. The minimum atomic E-state index is -1.17.